The molecule has 1 atom stereocenters. The van der Waals surface area contributed by atoms with Crippen molar-refractivity contribution in [3.8, 4) is 0 Å². The normalized spacial score (nSPS) is 12.5. The number of rotatable bonds is 3. The molecular weight excluding hydrogens is 207 g/mol. The van der Waals surface area contributed by atoms with E-state index in [0.29, 0.717) is 11.4 Å². The topological polar surface area (TPSA) is 17.1 Å². The number of carbonyl (C=O) groups excluding carboxylic acids is 1. The van der Waals surface area contributed by atoms with E-state index in [1.807, 2.05) is 0 Å². The maximum Gasteiger partial charge on any atom is 0.154 e. The summed E-state index contributed by atoms with van der Waals surface area (Å²) < 4.78 is 0. The fourth-order valence-corrected chi connectivity index (χ4v) is 1.42. The third-order valence-electron chi connectivity index (χ3n) is 1.79. The quantitative estimate of drug-likeness (QED) is 0.707. The Kier molecular flexibility index (Phi) is 3.76. The van der Waals surface area contributed by atoms with Crippen LogP contribution >= 0.6 is 23.2 Å². The van der Waals surface area contributed by atoms with E-state index in [-0.39, 0.29) is 5.78 Å². The van der Waals surface area contributed by atoms with Crippen LogP contribution in [0.4, 0.5) is 0 Å². The first-order chi connectivity index (χ1) is 6.15. The molecule has 1 rings (SSSR count). The zero-order valence-electron chi connectivity index (χ0n) is 7.26. The summed E-state index contributed by atoms with van der Waals surface area (Å²) in [6.07, 6.45) is 0.455. The molecule has 1 aromatic rings. The molecular formula is C10H10Cl2O. The predicted octanol–water partition coefficient (Wildman–Crippen LogP) is 3.60. The van der Waals surface area contributed by atoms with Gasteiger partial charge in [-0.05, 0) is 17.7 Å². The fourth-order valence-electron chi connectivity index (χ4n) is 0.997. The monoisotopic (exact) mass is 216 g/mol. The molecule has 0 fully saturated rings. The van der Waals surface area contributed by atoms with Gasteiger partial charge in [-0.2, -0.15) is 0 Å². The van der Waals surface area contributed by atoms with E-state index in [4.69, 9.17) is 23.2 Å². The van der Waals surface area contributed by atoms with E-state index in [9.17, 15) is 4.79 Å². The van der Waals surface area contributed by atoms with Gasteiger partial charge in [0.1, 0.15) is 5.38 Å². The summed E-state index contributed by atoms with van der Waals surface area (Å²) >= 11 is 11.6. The fraction of sp³-hybridized carbons (Fsp3) is 0.300. The van der Waals surface area contributed by atoms with Gasteiger partial charge in [-0.25, -0.2) is 0 Å². The lowest BCUT2D eigenvalue weighted by Gasteiger charge is -2.06. The van der Waals surface area contributed by atoms with Crippen molar-refractivity contribution in [3.63, 3.8) is 0 Å². The Bertz CT molecular complexity index is 292. The van der Waals surface area contributed by atoms with Gasteiger partial charge in [-0.1, -0.05) is 30.7 Å². The third kappa shape index (κ3) is 2.71. The molecule has 1 nitrogen and oxygen atoms in total. The Morgan fingerprint density at radius 2 is 1.92 bits per heavy atom. The molecule has 0 bridgehead atoms. The number of halogens is 2. The molecule has 0 aromatic heterocycles. The molecule has 0 heterocycles. The molecule has 1 aromatic carbocycles. The van der Waals surface area contributed by atoms with Crippen molar-refractivity contribution in [3.05, 3.63) is 34.9 Å². The summed E-state index contributed by atoms with van der Waals surface area (Å²) in [6.45, 7) is 1.80. The Labute approximate surface area is 87.7 Å². The SMILES string of the molecule is CCC(=O)C(Cl)c1ccc(Cl)cc1. The number of hydrogen-bond donors (Lipinski definition) is 0. The van der Waals surface area contributed by atoms with Crippen LogP contribution in [0.2, 0.25) is 5.02 Å². The van der Waals surface area contributed by atoms with Crippen LogP contribution in [0.5, 0.6) is 0 Å². The van der Waals surface area contributed by atoms with E-state index < -0.39 is 5.38 Å². The zero-order chi connectivity index (χ0) is 9.84. The number of hydrogen-bond acceptors (Lipinski definition) is 1. The van der Waals surface area contributed by atoms with Gasteiger partial charge in [0.15, 0.2) is 5.78 Å². The van der Waals surface area contributed by atoms with Crippen LogP contribution in [0.25, 0.3) is 0 Å². The van der Waals surface area contributed by atoms with Crippen LogP contribution in [0, 0.1) is 0 Å². The van der Waals surface area contributed by atoms with Crippen molar-refractivity contribution >= 4 is 29.0 Å². The summed E-state index contributed by atoms with van der Waals surface area (Å²) in [5.74, 6) is 0.0315. The molecule has 13 heavy (non-hydrogen) atoms. The highest BCUT2D eigenvalue weighted by atomic mass is 35.5. The summed E-state index contributed by atoms with van der Waals surface area (Å²) in [5, 5.41) is 0.110. The number of Topliss-reactive ketones (excluding diaryl/α,β-unsaturated/α-hetero) is 1. The van der Waals surface area contributed by atoms with Crippen LogP contribution in [0.15, 0.2) is 24.3 Å². The van der Waals surface area contributed by atoms with Gasteiger partial charge in [-0.15, -0.1) is 11.6 Å². The van der Waals surface area contributed by atoms with Crippen molar-refractivity contribution in [1.29, 1.82) is 0 Å². The van der Waals surface area contributed by atoms with Crippen LogP contribution in [-0.4, -0.2) is 5.78 Å². The summed E-state index contributed by atoms with van der Waals surface area (Å²) in [7, 11) is 0. The Morgan fingerprint density at radius 3 is 2.38 bits per heavy atom. The van der Waals surface area contributed by atoms with Gasteiger partial charge in [0.25, 0.3) is 0 Å². The van der Waals surface area contributed by atoms with Crippen LogP contribution < -0.4 is 0 Å². The van der Waals surface area contributed by atoms with Gasteiger partial charge >= 0.3 is 0 Å². The lowest BCUT2D eigenvalue weighted by molar-refractivity contribution is -0.118. The van der Waals surface area contributed by atoms with Gasteiger partial charge in [0.05, 0.1) is 0 Å². The average Bonchev–Trinajstić information content (AvgIpc) is 2.17. The summed E-state index contributed by atoms with van der Waals surface area (Å²) in [6, 6.07) is 7.01. The maximum atomic E-state index is 11.2. The zero-order valence-corrected chi connectivity index (χ0v) is 8.77. The number of carbonyl (C=O) groups is 1. The lowest BCUT2D eigenvalue weighted by atomic mass is 10.1. The first-order valence-electron chi connectivity index (χ1n) is 4.07. The molecule has 70 valence electrons. The molecule has 0 spiro atoms. The second kappa shape index (κ2) is 4.64. The van der Waals surface area contributed by atoms with E-state index >= 15 is 0 Å². The molecule has 0 saturated heterocycles. The van der Waals surface area contributed by atoms with Crippen molar-refractivity contribution in [2.45, 2.75) is 18.7 Å². The van der Waals surface area contributed by atoms with Gasteiger partial charge in [0, 0.05) is 11.4 Å². The molecule has 0 aliphatic rings. The molecule has 1 unspecified atom stereocenters. The Hall–Kier alpha value is -0.530. The molecule has 0 N–H and O–H groups in total. The molecule has 0 amide bonds. The van der Waals surface area contributed by atoms with Crippen LogP contribution in [0.3, 0.4) is 0 Å². The van der Waals surface area contributed by atoms with Crippen molar-refractivity contribution in [1.82, 2.24) is 0 Å². The number of alkyl halides is 1. The first kappa shape index (κ1) is 10.6. The Balaban J connectivity index is 2.83. The van der Waals surface area contributed by atoms with Crippen molar-refractivity contribution in [2.24, 2.45) is 0 Å². The third-order valence-corrected chi connectivity index (χ3v) is 2.54. The maximum absolute atomic E-state index is 11.2. The van der Waals surface area contributed by atoms with Crippen molar-refractivity contribution < 1.29 is 4.79 Å². The van der Waals surface area contributed by atoms with E-state index in [1.165, 1.54) is 0 Å². The Morgan fingerprint density at radius 1 is 1.38 bits per heavy atom. The standard InChI is InChI=1S/C10H10Cl2O/c1-2-9(13)10(12)7-3-5-8(11)6-4-7/h3-6,10H,2H2,1H3. The largest absolute Gasteiger partial charge is 0.298 e. The molecule has 0 saturated carbocycles. The average molecular weight is 217 g/mol. The van der Waals surface area contributed by atoms with Gasteiger partial charge < -0.3 is 0 Å². The predicted molar refractivity (Wildman–Crippen MR) is 55.3 cm³/mol. The van der Waals surface area contributed by atoms with Gasteiger partial charge in [-0.3, -0.25) is 4.79 Å². The van der Waals surface area contributed by atoms with Gasteiger partial charge in [0.2, 0.25) is 0 Å². The highest BCUT2D eigenvalue weighted by Crippen LogP contribution is 2.23. The summed E-state index contributed by atoms with van der Waals surface area (Å²) in [5.41, 5.74) is 0.804. The second-order valence-electron chi connectivity index (χ2n) is 2.73. The minimum atomic E-state index is -0.540. The van der Waals surface area contributed by atoms with Crippen LogP contribution in [0.1, 0.15) is 24.3 Å². The number of ketones is 1. The highest BCUT2D eigenvalue weighted by molar-refractivity contribution is 6.32. The van der Waals surface area contributed by atoms with Crippen LogP contribution in [-0.2, 0) is 4.79 Å². The lowest BCUT2D eigenvalue weighted by Crippen LogP contribution is -2.04. The van der Waals surface area contributed by atoms with E-state index in [2.05, 4.69) is 0 Å². The first-order valence-corrected chi connectivity index (χ1v) is 4.89. The van der Waals surface area contributed by atoms with E-state index in [1.54, 1.807) is 31.2 Å². The highest BCUT2D eigenvalue weighted by Gasteiger charge is 2.14. The van der Waals surface area contributed by atoms with E-state index in [0.717, 1.165) is 5.56 Å². The smallest absolute Gasteiger partial charge is 0.154 e. The molecule has 0 aliphatic carbocycles. The summed E-state index contributed by atoms with van der Waals surface area (Å²) in [4.78, 5) is 11.2. The minimum Gasteiger partial charge on any atom is -0.298 e. The minimum absolute atomic E-state index is 0.0315. The molecule has 0 aliphatic heterocycles. The molecule has 3 heteroatoms. The second-order valence-corrected chi connectivity index (χ2v) is 3.61. The molecule has 0 radical (unpaired) electrons. The number of benzene rings is 1. The van der Waals surface area contributed by atoms with Crippen molar-refractivity contribution in [2.75, 3.05) is 0 Å².